The van der Waals surface area contributed by atoms with Gasteiger partial charge in [0.05, 0.1) is 17.6 Å². The van der Waals surface area contributed by atoms with Gasteiger partial charge in [-0.1, -0.05) is 12.1 Å². The summed E-state index contributed by atoms with van der Waals surface area (Å²) in [5, 5.41) is 2.91. The number of carbonyl (C=O) groups is 1. The van der Waals surface area contributed by atoms with E-state index in [9.17, 15) is 4.79 Å². The Bertz CT molecular complexity index is 728. The van der Waals surface area contributed by atoms with Gasteiger partial charge in [0.2, 0.25) is 0 Å². The number of imidazole rings is 1. The number of nitrogens with one attached hydrogen (secondary N) is 1. The average molecular weight is 286 g/mol. The van der Waals surface area contributed by atoms with Gasteiger partial charge in [0.25, 0.3) is 5.91 Å². The SMILES string of the molecule is Cc1csc(CN(C)C(=O)c2nc3ccccc3[nH]2)n1. The molecule has 0 saturated carbocycles. The number of nitrogens with zero attached hydrogens (tertiary/aromatic N) is 3. The molecule has 0 aliphatic rings. The van der Waals surface area contributed by atoms with E-state index >= 15 is 0 Å². The van der Waals surface area contributed by atoms with Crippen LogP contribution in [0.5, 0.6) is 0 Å². The van der Waals surface area contributed by atoms with Gasteiger partial charge in [0, 0.05) is 18.1 Å². The third-order valence-electron chi connectivity index (χ3n) is 2.98. The molecule has 3 rings (SSSR count). The molecule has 0 fully saturated rings. The first-order valence-corrected chi connectivity index (χ1v) is 7.12. The van der Waals surface area contributed by atoms with Crippen LogP contribution in [0, 0.1) is 6.92 Å². The Kier molecular flexibility index (Phi) is 3.23. The van der Waals surface area contributed by atoms with E-state index in [1.807, 2.05) is 36.6 Å². The predicted octanol–water partition coefficient (Wildman–Crippen LogP) is 2.60. The first-order valence-electron chi connectivity index (χ1n) is 6.25. The van der Waals surface area contributed by atoms with E-state index in [4.69, 9.17) is 0 Å². The summed E-state index contributed by atoms with van der Waals surface area (Å²) in [7, 11) is 1.76. The van der Waals surface area contributed by atoms with Crippen molar-refractivity contribution in [2.24, 2.45) is 0 Å². The van der Waals surface area contributed by atoms with Crippen LogP contribution in [0.15, 0.2) is 29.6 Å². The Morgan fingerprint density at radius 2 is 2.15 bits per heavy atom. The van der Waals surface area contributed by atoms with Crippen molar-refractivity contribution >= 4 is 28.3 Å². The van der Waals surface area contributed by atoms with Gasteiger partial charge in [-0.25, -0.2) is 9.97 Å². The normalized spacial score (nSPS) is 10.9. The minimum atomic E-state index is -0.131. The third-order valence-corrected chi connectivity index (χ3v) is 3.93. The lowest BCUT2D eigenvalue weighted by molar-refractivity contribution is 0.0774. The van der Waals surface area contributed by atoms with E-state index in [1.54, 1.807) is 23.3 Å². The molecule has 0 unspecified atom stereocenters. The second kappa shape index (κ2) is 5.05. The first kappa shape index (κ1) is 12.8. The zero-order valence-electron chi connectivity index (χ0n) is 11.3. The molecule has 0 aliphatic heterocycles. The van der Waals surface area contributed by atoms with Gasteiger partial charge in [-0.3, -0.25) is 4.79 Å². The summed E-state index contributed by atoms with van der Waals surface area (Å²) >= 11 is 1.56. The van der Waals surface area contributed by atoms with Gasteiger partial charge in [-0.15, -0.1) is 11.3 Å². The molecule has 2 aromatic heterocycles. The van der Waals surface area contributed by atoms with Crippen molar-refractivity contribution in [1.82, 2.24) is 19.9 Å². The molecule has 20 heavy (non-hydrogen) atoms. The summed E-state index contributed by atoms with van der Waals surface area (Å²) in [5.74, 6) is 0.232. The van der Waals surface area contributed by atoms with E-state index in [0.717, 1.165) is 21.7 Å². The van der Waals surface area contributed by atoms with Crippen LogP contribution in [0.3, 0.4) is 0 Å². The number of para-hydroxylation sites is 2. The molecule has 0 atom stereocenters. The molecular formula is C14H14N4OS. The highest BCUT2D eigenvalue weighted by atomic mass is 32.1. The van der Waals surface area contributed by atoms with Gasteiger partial charge in [0.1, 0.15) is 5.01 Å². The van der Waals surface area contributed by atoms with Crippen molar-refractivity contribution in [2.75, 3.05) is 7.05 Å². The fraction of sp³-hybridized carbons (Fsp3) is 0.214. The number of hydrogen-bond donors (Lipinski definition) is 1. The fourth-order valence-corrected chi connectivity index (χ4v) is 2.81. The Hall–Kier alpha value is -2.21. The number of benzene rings is 1. The van der Waals surface area contributed by atoms with Gasteiger partial charge in [-0.2, -0.15) is 0 Å². The van der Waals surface area contributed by atoms with Crippen LogP contribution in [0.2, 0.25) is 0 Å². The molecule has 1 aromatic carbocycles. The van der Waals surface area contributed by atoms with Crippen LogP contribution in [0.4, 0.5) is 0 Å². The summed E-state index contributed by atoms with van der Waals surface area (Å²) in [6.07, 6.45) is 0. The average Bonchev–Trinajstić information content (AvgIpc) is 3.03. The maximum Gasteiger partial charge on any atom is 0.289 e. The van der Waals surface area contributed by atoms with E-state index in [1.165, 1.54) is 0 Å². The lowest BCUT2D eigenvalue weighted by atomic mass is 10.3. The summed E-state index contributed by atoms with van der Waals surface area (Å²) in [6, 6.07) is 7.60. The standard InChI is InChI=1S/C14H14N4OS/c1-9-8-20-12(15-9)7-18(2)14(19)13-16-10-5-3-4-6-11(10)17-13/h3-6,8H,7H2,1-2H3,(H,16,17). The summed E-state index contributed by atoms with van der Waals surface area (Å²) in [5.41, 5.74) is 2.65. The van der Waals surface area contributed by atoms with Crippen LogP contribution < -0.4 is 0 Å². The molecule has 1 N–H and O–H groups in total. The number of aromatic nitrogens is 3. The number of fused-ring (bicyclic) bond motifs is 1. The molecule has 0 aliphatic carbocycles. The van der Waals surface area contributed by atoms with Crippen LogP contribution in [0.1, 0.15) is 21.3 Å². The van der Waals surface area contributed by atoms with Crippen molar-refractivity contribution in [3.05, 3.63) is 46.2 Å². The molecule has 102 valence electrons. The number of H-pyrrole nitrogens is 1. The zero-order chi connectivity index (χ0) is 14.1. The lowest BCUT2D eigenvalue weighted by Gasteiger charge is -2.13. The second-order valence-electron chi connectivity index (χ2n) is 4.65. The Balaban J connectivity index is 1.80. The van der Waals surface area contributed by atoms with E-state index in [-0.39, 0.29) is 5.91 Å². The highest BCUT2D eigenvalue weighted by Crippen LogP contribution is 2.14. The van der Waals surface area contributed by atoms with Gasteiger partial charge in [-0.05, 0) is 19.1 Å². The monoisotopic (exact) mass is 286 g/mol. The zero-order valence-corrected chi connectivity index (χ0v) is 12.1. The third kappa shape index (κ3) is 2.42. The van der Waals surface area contributed by atoms with Crippen molar-refractivity contribution in [3.8, 4) is 0 Å². The largest absolute Gasteiger partial charge is 0.334 e. The maximum absolute atomic E-state index is 12.3. The summed E-state index contributed by atoms with van der Waals surface area (Å²) < 4.78 is 0. The molecular weight excluding hydrogens is 272 g/mol. The molecule has 3 aromatic rings. The highest BCUT2D eigenvalue weighted by molar-refractivity contribution is 7.09. The quantitative estimate of drug-likeness (QED) is 0.805. The fourth-order valence-electron chi connectivity index (χ4n) is 1.98. The number of carbonyl (C=O) groups excluding carboxylic acids is 1. The topological polar surface area (TPSA) is 61.9 Å². The first-order chi connectivity index (χ1) is 9.63. The molecule has 5 nitrogen and oxygen atoms in total. The second-order valence-corrected chi connectivity index (χ2v) is 5.59. The number of hydrogen-bond acceptors (Lipinski definition) is 4. The lowest BCUT2D eigenvalue weighted by Crippen LogP contribution is -2.27. The highest BCUT2D eigenvalue weighted by Gasteiger charge is 2.17. The Morgan fingerprint density at radius 3 is 2.85 bits per heavy atom. The Morgan fingerprint density at radius 1 is 1.35 bits per heavy atom. The van der Waals surface area contributed by atoms with E-state index in [2.05, 4.69) is 15.0 Å². The Labute approximate surface area is 120 Å². The predicted molar refractivity (Wildman–Crippen MR) is 78.7 cm³/mol. The van der Waals surface area contributed by atoms with Crippen LogP contribution >= 0.6 is 11.3 Å². The van der Waals surface area contributed by atoms with Crippen molar-refractivity contribution in [2.45, 2.75) is 13.5 Å². The molecule has 0 radical (unpaired) electrons. The molecule has 1 amide bonds. The maximum atomic E-state index is 12.3. The minimum absolute atomic E-state index is 0.131. The number of aromatic amines is 1. The number of aryl methyl sites for hydroxylation is 1. The molecule has 6 heteroatoms. The molecule has 2 heterocycles. The smallest absolute Gasteiger partial charge is 0.289 e. The number of rotatable bonds is 3. The van der Waals surface area contributed by atoms with Gasteiger partial charge >= 0.3 is 0 Å². The summed E-state index contributed by atoms with van der Waals surface area (Å²) in [6.45, 7) is 2.44. The van der Waals surface area contributed by atoms with E-state index < -0.39 is 0 Å². The van der Waals surface area contributed by atoms with E-state index in [0.29, 0.717) is 12.4 Å². The van der Waals surface area contributed by atoms with Crippen LogP contribution in [-0.4, -0.2) is 32.8 Å². The van der Waals surface area contributed by atoms with Gasteiger partial charge < -0.3 is 9.88 Å². The van der Waals surface area contributed by atoms with Crippen molar-refractivity contribution < 1.29 is 4.79 Å². The van der Waals surface area contributed by atoms with Crippen molar-refractivity contribution in [3.63, 3.8) is 0 Å². The molecule has 0 bridgehead atoms. The minimum Gasteiger partial charge on any atom is -0.334 e. The molecule has 0 spiro atoms. The van der Waals surface area contributed by atoms with Crippen LogP contribution in [0.25, 0.3) is 11.0 Å². The van der Waals surface area contributed by atoms with Crippen LogP contribution in [-0.2, 0) is 6.54 Å². The summed E-state index contributed by atoms with van der Waals surface area (Å²) in [4.78, 5) is 25.7. The van der Waals surface area contributed by atoms with Gasteiger partial charge in [0.15, 0.2) is 5.82 Å². The number of amides is 1. The molecule has 0 saturated heterocycles. The van der Waals surface area contributed by atoms with Crippen molar-refractivity contribution in [1.29, 1.82) is 0 Å². The number of thiazole rings is 1.